The van der Waals surface area contributed by atoms with Crippen LogP contribution >= 0.6 is 0 Å². The van der Waals surface area contributed by atoms with E-state index >= 15 is 0 Å². The van der Waals surface area contributed by atoms with Gasteiger partial charge in [0.05, 0.1) is 6.04 Å². The maximum Gasteiger partial charge on any atom is 0.408 e. The second-order valence-corrected chi connectivity index (χ2v) is 12.9. The molecule has 10 nitrogen and oxygen atoms in total. The lowest BCUT2D eigenvalue weighted by molar-refractivity contribution is -0.144. The summed E-state index contributed by atoms with van der Waals surface area (Å²) in [5.41, 5.74) is -1.80. The molecule has 0 bridgehead atoms. The summed E-state index contributed by atoms with van der Waals surface area (Å²) in [6.07, 6.45) is 2.82. The monoisotopic (exact) mass is 536 g/mol. The van der Waals surface area contributed by atoms with E-state index in [0.29, 0.717) is 25.8 Å². The molecule has 216 valence electrons. The SMILES string of the molecule is C=CCNC(=O)C(=O)C(CCCC)NC(=O)[C@@H]1CC(C)(C)CN1C(=O)C(NC(=O)OC(C)(C)C)C(C)(C)C. The Morgan fingerprint density at radius 1 is 1.08 bits per heavy atom. The second-order valence-electron chi connectivity index (χ2n) is 12.9. The minimum Gasteiger partial charge on any atom is -0.444 e. The Morgan fingerprint density at radius 2 is 1.68 bits per heavy atom. The molecule has 0 aromatic heterocycles. The van der Waals surface area contributed by atoms with Crippen molar-refractivity contribution in [3.8, 4) is 0 Å². The highest BCUT2D eigenvalue weighted by molar-refractivity contribution is 6.38. The number of ketones is 1. The van der Waals surface area contributed by atoms with Crippen LogP contribution in [0, 0.1) is 10.8 Å². The Balaban J connectivity index is 3.22. The molecule has 0 saturated carbocycles. The molecule has 1 fully saturated rings. The summed E-state index contributed by atoms with van der Waals surface area (Å²) in [5.74, 6) is -2.43. The Bertz CT molecular complexity index is 900. The predicted molar refractivity (Wildman–Crippen MR) is 146 cm³/mol. The van der Waals surface area contributed by atoms with Gasteiger partial charge in [0.15, 0.2) is 0 Å². The zero-order chi connectivity index (χ0) is 29.5. The predicted octanol–water partition coefficient (Wildman–Crippen LogP) is 3.10. The molecule has 0 aliphatic carbocycles. The molecule has 4 amide bonds. The number of Topliss-reactive ketones (excluding diaryl/α,β-unsaturated/α-hetero) is 1. The van der Waals surface area contributed by atoms with E-state index < -0.39 is 58.7 Å². The lowest BCUT2D eigenvalue weighted by Gasteiger charge is -2.36. The first-order chi connectivity index (χ1) is 17.3. The van der Waals surface area contributed by atoms with E-state index in [-0.39, 0.29) is 12.0 Å². The molecule has 0 aromatic rings. The van der Waals surface area contributed by atoms with Gasteiger partial charge in [-0.3, -0.25) is 19.2 Å². The van der Waals surface area contributed by atoms with Crippen LogP contribution in [0.3, 0.4) is 0 Å². The van der Waals surface area contributed by atoms with Crippen molar-refractivity contribution in [3.05, 3.63) is 12.7 Å². The molecule has 1 saturated heterocycles. The average Bonchev–Trinajstić information content (AvgIpc) is 3.11. The first-order valence-corrected chi connectivity index (χ1v) is 13.4. The minimum atomic E-state index is -1.01. The van der Waals surface area contributed by atoms with Gasteiger partial charge in [0.25, 0.3) is 5.91 Å². The number of nitrogens with zero attached hydrogens (tertiary/aromatic N) is 1. The first kappa shape index (κ1) is 33.1. The van der Waals surface area contributed by atoms with Crippen molar-refractivity contribution < 1.29 is 28.7 Å². The zero-order valence-corrected chi connectivity index (χ0v) is 24.7. The van der Waals surface area contributed by atoms with Crippen LogP contribution in [-0.4, -0.2) is 71.3 Å². The highest BCUT2D eigenvalue weighted by Crippen LogP contribution is 2.36. The van der Waals surface area contributed by atoms with Crippen LogP contribution < -0.4 is 16.0 Å². The van der Waals surface area contributed by atoms with Gasteiger partial charge in [-0.25, -0.2) is 4.79 Å². The van der Waals surface area contributed by atoms with E-state index in [0.717, 1.165) is 6.42 Å². The number of alkyl carbamates (subject to hydrolysis) is 1. The van der Waals surface area contributed by atoms with E-state index in [1.165, 1.54) is 11.0 Å². The summed E-state index contributed by atoms with van der Waals surface area (Å²) < 4.78 is 5.38. The number of carbonyl (C=O) groups excluding carboxylic acids is 5. The number of amides is 4. The van der Waals surface area contributed by atoms with Crippen LogP contribution in [0.1, 0.15) is 88.0 Å². The van der Waals surface area contributed by atoms with Gasteiger partial charge in [0, 0.05) is 13.1 Å². The minimum absolute atomic E-state index is 0.136. The number of hydrogen-bond acceptors (Lipinski definition) is 6. The average molecular weight is 537 g/mol. The molecular weight excluding hydrogens is 488 g/mol. The van der Waals surface area contributed by atoms with Gasteiger partial charge in [-0.05, 0) is 44.4 Å². The molecule has 0 aromatic carbocycles. The van der Waals surface area contributed by atoms with E-state index in [1.54, 1.807) is 20.8 Å². The van der Waals surface area contributed by atoms with Gasteiger partial charge in [-0.2, -0.15) is 0 Å². The topological polar surface area (TPSA) is 134 Å². The molecule has 1 aliphatic rings. The number of hydrogen-bond donors (Lipinski definition) is 3. The third-order valence-corrected chi connectivity index (χ3v) is 6.19. The molecule has 38 heavy (non-hydrogen) atoms. The molecule has 10 heteroatoms. The van der Waals surface area contributed by atoms with Crippen LogP contribution in [0.15, 0.2) is 12.7 Å². The molecule has 1 aliphatic heterocycles. The van der Waals surface area contributed by atoms with Crippen LogP contribution in [0.2, 0.25) is 0 Å². The second kappa shape index (κ2) is 13.2. The lowest BCUT2D eigenvalue weighted by atomic mass is 9.85. The summed E-state index contributed by atoms with van der Waals surface area (Å²) >= 11 is 0. The van der Waals surface area contributed by atoms with Gasteiger partial charge >= 0.3 is 6.09 Å². The molecular formula is C28H48N4O6. The Hall–Kier alpha value is -2.91. The zero-order valence-electron chi connectivity index (χ0n) is 24.7. The highest BCUT2D eigenvalue weighted by atomic mass is 16.6. The molecule has 3 N–H and O–H groups in total. The van der Waals surface area contributed by atoms with Crippen LogP contribution in [0.5, 0.6) is 0 Å². The number of likely N-dealkylation sites (tertiary alicyclic amines) is 1. The lowest BCUT2D eigenvalue weighted by Crippen LogP contribution is -2.59. The van der Waals surface area contributed by atoms with Gasteiger partial charge in [-0.15, -0.1) is 6.58 Å². The van der Waals surface area contributed by atoms with Gasteiger partial charge in [0.2, 0.25) is 17.6 Å². The van der Waals surface area contributed by atoms with Gasteiger partial charge in [0.1, 0.15) is 17.7 Å². The quantitative estimate of drug-likeness (QED) is 0.274. The smallest absolute Gasteiger partial charge is 0.408 e. The largest absolute Gasteiger partial charge is 0.444 e. The third-order valence-electron chi connectivity index (χ3n) is 6.19. The standard InChI is InChI=1S/C28H48N4O6/c1-11-13-14-18(20(33)23(35)29-15-12-2)30-22(34)19-16-28(9,10)17-32(19)24(36)21(26(3,4)5)31-25(37)38-27(6,7)8/h12,18-19,21H,2,11,13-17H2,1,3-10H3,(H,29,35)(H,30,34)(H,31,37)/t18?,19-,21?/m0/s1. The van der Waals surface area contributed by atoms with E-state index in [9.17, 15) is 24.0 Å². The molecule has 2 unspecified atom stereocenters. The summed E-state index contributed by atoms with van der Waals surface area (Å²) in [6, 6.07) is -2.83. The fourth-order valence-corrected chi connectivity index (χ4v) is 4.33. The maximum atomic E-state index is 13.8. The molecule has 0 spiro atoms. The Morgan fingerprint density at radius 3 is 2.18 bits per heavy atom. The summed E-state index contributed by atoms with van der Waals surface area (Å²) in [5, 5.41) is 7.90. The van der Waals surface area contributed by atoms with E-state index in [1.807, 2.05) is 41.5 Å². The van der Waals surface area contributed by atoms with Crippen LogP contribution in [-0.2, 0) is 23.9 Å². The molecule has 3 atom stereocenters. The number of rotatable bonds is 11. The van der Waals surface area contributed by atoms with Crippen molar-refractivity contribution in [3.63, 3.8) is 0 Å². The molecule has 0 radical (unpaired) electrons. The normalized spacial score (nSPS) is 18.7. The number of unbranched alkanes of at least 4 members (excludes halogenated alkanes) is 1. The van der Waals surface area contributed by atoms with Crippen molar-refractivity contribution >= 4 is 29.6 Å². The van der Waals surface area contributed by atoms with E-state index in [2.05, 4.69) is 22.5 Å². The molecule has 1 heterocycles. The van der Waals surface area contributed by atoms with Gasteiger partial charge in [-0.1, -0.05) is 60.5 Å². The number of ether oxygens (including phenoxy) is 1. The first-order valence-electron chi connectivity index (χ1n) is 13.4. The summed E-state index contributed by atoms with van der Waals surface area (Å²) in [4.78, 5) is 66.6. The maximum absolute atomic E-state index is 13.8. The fraction of sp³-hybridized carbons (Fsp3) is 0.750. The Kier molecular flexibility index (Phi) is 11.5. The fourth-order valence-electron chi connectivity index (χ4n) is 4.33. The van der Waals surface area contributed by atoms with Crippen molar-refractivity contribution in [2.45, 2.75) is 112 Å². The number of nitrogens with one attached hydrogen (secondary N) is 3. The summed E-state index contributed by atoms with van der Waals surface area (Å²) in [7, 11) is 0. The highest BCUT2D eigenvalue weighted by Gasteiger charge is 2.48. The van der Waals surface area contributed by atoms with Crippen molar-refractivity contribution in [1.29, 1.82) is 0 Å². The van der Waals surface area contributed by atoms with Gasteiger partial charge < -0.3 is 25.6 Å². The van der Waals surface area contributed by atoms with Crippen LogP contribution in [0.25, 0.3) is 0 Å². The third kappa shape index (κ3) is 10.1. The summed E-state index contributed by atoms with van der Waals surface area (Å²) in [6.45, 7) is 20.5. The molecule has 1 rings (SSSR count). The number of carbonyl (C=O) groups is 5. The van der Waals surface area contributed by atoms with E-state index in [4.69, 9.17) is 4.74 Å². The van der Waals surface area contributed by atoms with Crippen molar-refractivity contribution in [2.75, 3.05) is 13.1 Å². The van der Waals surface area contributed by atoms with Crippen molar-refractivity contribution in [2.24, 2.45) is 10.8 Å². The van der Waals surface area contributed by atoms with Crippen molar-refractivity contribution in [1.82, 2.24) is 20.9 Å². The Labute approximate surface area is 227 Å². The van der Waals surface area contributed by atoms with Crippen LogP contribution in [0.4, 0.5) is 4.79 Å².